The lowest BCUT2D eigenvalue weighted by atomic mass is 10.0. The third-order valence-corrected chi connectivity index (χ3v) is 4.63. The van der Waals surface area contributed by atoms with Crippen molar-refractivity contribution in [2.75, 3.05) is 11.9 Å². The number of benzene rings is 2. The second-order valence-electron chi connectivity index (χ2n) is 7.47. The van der Waals surface area contributed by atoms with Gasteiger partial charge < -0.3 is 16.0 Å². The zero-order valence-electron chi connectivity index (χ0n) is 17.7. The number of rotatable bonds is 7. The molecule has 0 aliphatic rings. The van der Waals surface area contributed by atoms with E-state index in [1.54, 1.807) is 0 Å². The second kappa shape index (κ2) is 9.87. The van der Waals surface area contributed by atoms with Gasteiger partial charge in [-0.15, -0.1) is 0 Å². The molecule has 0 aromatic heterocycles. The van der Waals surface area contributed by atoms with Crippen LogP contribution in [0.5, 0.6) is 0 Å². The average Bonchev–Trinajstić information content (AvgIpc) is 2.62. The highest BCUT2D eigenvalue weighted by molar-refractivity contribution is 5.95. The van der Waals surface area contributed by atoms with Gasteiger partial charge in [0.1, 0.15) is 0 Å². The van der Waals surface area contributed by atoms with Crippen LogP contribution < -0.4 is 16.0 Å². The number of carbonyl (C=O) groups excluding carboxylic acids is 3. The number of aryl methyl sites for hydroxylation is 4. The maximum atomic E-state index is 12.4. The molecule has 29 heavy (non-hydrogen) atoms. The van der Waals surface area contributed by atoms with Crippen LogP contribution in [-0.4, -0.2) is 24.3 Å². The van der Waals surface area contributed by atoms with Gasteiger partial charge in [0.05, 0.1) is 19.0 Å². The van der Waals surface area contributed by atoms with Crippen LogP contribution in [0.25, 0.3) is 0 Å². The Labute approximate surface area is 172 Å². The quantitative estimate of drug-likeness (QED) is 0.673. The zero-order valence-corrected chi connectivity index (χ0v) is 17.7. The maximum Gasteiger partial charge on any atom is 0.243 e. The number of hydrogen-bond acceptors (Lipinski definition) is 3. The summed E-state index contributed by atoms with van der Waals surface area (Å²) in [7, 11) is 0. The number of carbonyl (C=O) groups is 3. The Morgan fingerprint density at radius 3 is 2.00 bits per heavy atom. The van der Waals surface area contributed by atoms with Gasteiger partial charge in [0.2, 0.25) is 17.7 Å². The first-order valence-corrected chi connectivity index (χ1v) is 9.63. The zero-order chi connectivity index (χ0) is 21.6. The molecular formula is C23H29N3O3. The molecule has 2 aromatic rings. The number of amides is 3. The molecule has 3 amide bonds. The number of nitrogens with one attached hydrogen (secondary N) is 3. The second-order valence-corrected chi connectivity index (χ2v) is 7.47. The van der Waals surface area contributed by atoms with E-state index in [-0.39, 0.29) is 30.7 Å². The molecule has 0 fully saturated rings. The lowest BCUT2D eigenvalue weighted by molar-refractivity contribution is -0.125. The average molecular weight is 396 g/mol. The van der Waals surface area contributed by atoms with Crippen molar-refractivity contribution < 1.29 is 14.4 Å². The van der Waals surface area contributed by atoms with E-state index >= 15 is 0 Å². The molecule has 0 saturated carbocycles. The van der Waals surface area contributed by atoms with Gasteiger partial charge in [-0.05, 0) is 44.4 Å². The van der Waals surface area contributed by atoms with E-state index in [0.29, 0.717) is 0 Å². The summed E-state index contributed by atoms with van der Waals surface area (Å²) in [5, 5.41) is 8.29. The summed E-state index contributed by atoms with van der Waals surface area (Å²) in [6.45, 7) is 9.14. The summed E-state index contributed by atoms with van der Waals surface area (Å²) in [6, 6.07) is 11.2. The molecule has 0 saturated heterocycles. The molecule has 0 spiro atoms. The maximum absolute atomic E-state index is 12.4. The Kier molecular flexibility index (Phi) is 7.53. The van der Waals surface area contributed by atoms with Gasteiger partial charge in [-0.25, -0.2) is 0 Å². The SMILES string of the molecule is CC(=O)NC(CC(=O)NCC(=O)Nc1c(C)cc(C)cc1C)c1ccc(C)cc1. The first kappa shape index (κ1) is 22.1. The van der Waals surface area contributed by atoms with E-state index in [0.717, 1.165) is 33.5 Å². The monoisotopic (exact) mass is 395 g/mol. The van der Waals surface area contributed by atoms with Gasteiger partial charge in [-0.2, -0.15) is 0 Å². The molecule has 3 N–H and O–H groups in total. The Morgan fingerprint density at radius 1 is 0.862 bits per heavy atom. The van der Waals surface area contributed by atoms with Gasteiger partial charge in [0.25, 0.3) is 0 Å². The topological polar surface area (TPSA) is 87.3 Å². The smallest absolute Gasteiger partial charge is 0.243 e. The molecule has 0 bridgehead atoms. The summed E-state index contributed by atoms with van der Waals surface area (Å²) in [5.74, 6) is -0.817. The van der Waals surface area contributed by atoms with Crippen molar-refractivity contribution in [2.45, 2.75) is 47.1 Å². The molecule has 6 nitrogen and oxygen atoms in total. The van der Waals surface area contributed by atoms with Crippen molar-refractivity contribution in [2.24, 2.45) is 0 Å². The minimum Gasteiger partial charge on any atom is -0.349 e. The van der Waals surface area contributed by atoms with Crippen molar-refractivity contribution in [1.29, 1.82) is 0 Å². The number of hydrogen-bond donors (Lipinski definition) is 3. The third kappa shape index (κ3) is 6.75. The molecule has 1 unspecified atom stereocenters. The standard InChI is InChI=1S/C23H29N3O3/c1-14-6-8-19(9-7-14)20(25-18(5)27)12-21(28)24-13-22(29)26-23-16(3)10-15(2)11-17(23)4/h6-11,20H,12-13H2,1-5H3,(H,24,28)(H,25,27)(H,26,29). The van der Waals surface area contributed by atoms with Crippen LogP contribution in [0.2, 0.25) is 0 Å². The van der Waals surface area contributed by atoms with Crippen molar-refractivity contribution in [3.8, 4) is 0 Å². The molecule has 0 heterocycles. The van der Waals surface area contributed by atoms with E-state index in [1.165, 1.54) is 6.92 Å². The lowest BCUT2D eigenvalue weighted by Gasteiger charge is -2.18. The Hall–Kier alpha value is -3.15. The van der Waals surface area contributed by atoms with Crippen LogP contribution in [0.15, 0.2) is 36.4 Å². The van der Waals surface area contributed by atoms with Crippen LogP contribution in [0.4, 0.5) is 5.69 Å². The van der Waals surface area contributed by atoms with Gasteiger partial charge in [0, 0.05) is 12.6 Å². The van der Waals surface area contributed by atoms with Crippen LogP contribution >= 0.6 is 0 Å². The predicted octanol–water partition coefficient (Wildman–Crippen LogP) is 3.24. The first-order valence-electron chi connectivity index (χ1n) is 9.63. The van der Waals surface area contributed by atoms with Crippen molar-refractivity contribution in [3.63, 3.8) is 0 Å². The van der Waals surface area contributed by atoms with Gasteiger partial charge in [-0.1, -0.05) is 47.5 Å². The fourth-order valence-corrected chi connectivity index (χ4v) is 3.29. The molecule has 0 aliphatic carbocycles. The summed E-state index contributed by atoms with van der Waals surface area (Å²) in [4.78, 5) is 36.2. The summed E-state index contributed by atoms with van der Waals surface area (Å²) < 4.78 is 0. The summed E-state index contributed by atoms with van der Waals surface area (Å²) >= 11 is 0. The van der Waals surface area contributed by atoms with E-state index in [4.69, 9.17) is 0 Å². The van der Waals surface area contributed by atoms with E-state index in [1.807, 2.05) is 64.1 Å². The van der Waals surface area contributed by atoms with Crippen LogP contribution in [0.1, 0.15) is 47.2 Å². The molecule has 0 aliphatic heterocycles. The van der Waals surface area contributed by atoms with Crippen molar-refractivity contribution in [3.05, 3.63) is 64.2 Å². The van der Waals surface area contributed by atoms with Gasteiger partial charge >= 0.3 is 0 Å². The summed E-state index contributed by atoms with van der Waals surface area (Å²) in [6.07, 6.45) is 0.0541. The third-order valence-electron chi connectivity index (χ3n) is 4.63. The van der Waals surface area contributed by atoms with Crippen molar-refractivity contribution >= 4 is 23.4 Å². The molecular weight excluding hydrogens is 366 g/mol. The molecule has 154 valence electrons. The molecule has 1 atom stereocenters. The highest BCUT2D eigenvalue weighted by Gasteiger charge is 2.18. The van der Waals surface area contributed by atoms with E-state index < -0.39 is 6.04 Å². The molecule has 0 radical (unpaired) electrons. The predicted molar refractivity (Wildman–Crippen MR) is 115 cm³/mol. The van der Waals surface area contributed by atoms with E-state index in [2.05, 4.69) is 16.0 Å². The van der Waals surface area contributed by atoms with Gasteiger partial charge in [-0.3, -0.25) is 14.4 Å². The Morgan fingerprint density at radius 2 is 1.45 bits per heavy atom. The Bertz CT molecular complexity index is 881. The summed E-state index contributed by atoms with van der Waals surface area (Å²) in [5.41, 5.74) is 5.80. The minimum atomic E-state index is -0.447. The largest absolute Gasteiger partial charge is 0.349 e. The van der Waals surface area contributed by atoms with E-state index in [9.17, 15) is 14.4 Å². The first-order chi connectivity index (χ1) is 13.7. The molecule has 2 aromatic carbocycles. The molecule has 2 rings (SSSR count). The highest BCUT2D eigenvalue weighted by Crippen LogP contribution is 2.22. The normalized spacial score (nSPS) is 11.5. The fraction of sp³-hybridized carbons (Fsp3) is 0.348. The lowest BCUT2D eigenvalue weighted by Crippen LogP contribution is -2.36. The fourth-order valence-electron chi connectivity index (χ4n) is 3.29. The van der Waals surface area contributed by atoms with Crippen LogP contribution in [0.3, 0.4) is 0 Å². The Balaban J connectivity index is 1.95. The van der Waals surface area contributed by atoms with Gasteiger partial charge in [0.15, 0.2) is 0 Å². The van der Waals surface area contributed by atoms with Crippen LogP contribution in [-0.2, 0) is 14.4 Å². The van der Waals surface area contributed by atoms with Crippen LogP contribution in [0, 0.1) is 27.7 Å². The molecule has 6 heteroatoms. The van der Waals surface area contributed by atoms with Crippen molar-refractivity contribution in [1.82, 2.24) is 10.6 Å². The number of anilines is 1. The minimum absolute atomic E-state index is 0.0541. The highest BCUT2D eigenvalue weighted by atomic mass is 16.2.